The van der Waals surface area contributed by atoms with E-state index in [1.54, 1.807) is 6.92 Å². The molecule has 1 fully saturated rings. The van der Waals surface area contributed by atoms with Crippen LogP contribution in [-0.2, 0) is 14.3 Å². The Labute approximate surface area is 186 Å². The van der Waals surface area contributed by atoms with Crippen LogP contribution in [0, 0.1) is 0 Å². The van der Waals surface area contributed by atoms with Gasteiger partial charge in [0, 0.05) is 24.5 Å². The van der Waals surface area contributed by atoms with Gasteiger partial charge in [0.15, 0.2) is 11.4 Å². The predicted octanol–water partition coefficient (Wildman–Crippen LogP) is 2.72. The molecule has 3 rings (SSSR count). The van der Waals surface area contributed by atoms with E-state index in [1.807, 2.05) is 43.0 Å². The number of aliphatic hydroxyl groups excluding tert-OH is 1. The summed E-state index contributed by atoms with van der Waals surface area (Å²) in [5.41, 5.74) is 1.50. The Morgan fingerprint density at radius 3 is 2.33 bits per heavy atom. The highest BCUT2D eigenvalue weighted by Gasteiger charge is 2.43. The first-order chi connectivity index (χ1) is 14.3. The lowest BCUT2D eigenvalue weighted by atomic mass is 10.1. The molecule has 1 aromatic rings. The second kappa shape index (κ2) is 9.30. The van der Waals surface area contributed by atoms with E-state index in [0.717, 1.165) is 10.6 Å². The zero-order valence-corrected chi connectivity index (χ0v) is 18.9. The van der Waals surface area contributed by atoms with Crippen LogP contribution in [0.4, 0.5) is 5.69 Å². The average molecular weight is 448 g/mol. The number of rotatable bonds is 7. The molecule has 1 unspecified atom stereocenters. The fraction of sp³-hybridized carbons (Fsp3) is 0.381. The van der Waals surface area contributed by atoms with Gasteiger partial charge < -0.3 is 14.7 Å². The van der Waals surface area contributed by atoms with Crippen molar-refractivity contribution in [3.05, 3.63) is 47.0 Å². The number of aliphatic hydroxyl groups is 1. The molecule has 2 amide bonds. The van der Waals surface area contributed by atoms with Crippen LogP contribution in [0.1, 0.15) is 20.8 Å². The Balaban J connectivity index is 2.01. The summed E-state index contributed by atoms with van der Waals surface area (Å²) < 4.78 is 5.44. The molecular weight excluding hydrogens is 422 g/mol. The summed E-state index contributed by atoms with van der Waals surface area (Å²) in [5, 5.41) is 10.7. The fourth-order valence-electron chi connectivity index (χ4n) is 3.26. The van der Waals surface area contributed by atoms with E-state index in [1.165, 1.54) is 21.6 Å². The molecule has 160 valence electrons. The summed E-state index contributed by atoms with van der Waals surface area (Å²) >= 11 is 6.74. The van der Waals surface area contributed by atoms with E-state index in [0.29, 0.717) is 30.2 Å². The molecule has 0 spiro atoms. The van der Waals surface area contributed by atoms with E-state index in [4.69, 9.17) is 17.0 Å². The minimum absolute atomic E-state index is 0.106. The van der Waals surface area contributed by atoms with Crippen molar-refractivity contribution in [2.75, 3.05) is 31.1 Å². The van der Waals surface area contributed by atoms with Crippen molar-refractivity contribution in [3.63, 3.8) is 0 Å². The minimum atomic E-state index is -1.06. The molecule has 2 heterocycles. The summed E-state index contributed by atoms with van der Waals surface area (Å²) in [6.45, 7) is 10.3. The smallest absolute Gasteiger partial charge is 0.268 e. The van der Waals surface area contributed by atoms with Gasteiger partial charge in [-0.3, -0.25) is 19.4 Å². The molecule has 0 aromatic heterocycles. The van der Waals surface area contributed by atoms with Crippen molar-refractivity contribution in [1.29, 1.82) is 0 Å². The number of amides is 2. The Hall–Kier alpha value is -2.20. The molecular formula is C21H25N3O4S2. The molecule has 0 radical (unpaired) electrons. The van der Waals surface area contributed by atoms with E-state index >= 15 is 0 Å². The van der Waals surface area contributed by atoms with Crippen molar-refractivity contribution >= 4 is 46.6 Å². The number of hydrogen-bond acceptors (Lipinski definition) is 7. The van der Waals surface area contributed by atoms with Gasteiger partial charge >= 0.3 is 0 Å². The number of nitrogens with zero attached hydrogens (tertiary/aromatic N) is 3. The first-order valence-corrected chi connectivity index (χ1v) is 11.0. The van der Waals surface area contributed by atoms with Gasteiger partial charge in [0.1, 0.15) is 5.57 Å². The lowest BCUT2D eigenvalue weighted by Gasteiger charge is -2.36. The number of hydrogen-bond donors (Lipinski definition) is 1. The highest BCUT2D eigenvalue weighted by atomic mass is 32.2. The Morgan fingerprint density at radius 2 is 1.77 bits per heavy atom. The first-order valence-electron chi connectivity index (χ1n) is 9.73. The van der Waals surface area contributed by atoms with Crippen LogP contribution < -0.4 is 4.90 Å². The third kappa shape index (κ3) is 4.02. The van der Waals surface area contributed by atoms with E-state index in [9.17, 15) is 14.7 Å². The molecule has 1 saturated heterocycles. The monoisotopic (exact) mass is 447 g/mol. The summed E-state index contributed by atoms with van der Waals surface area (Å²) in [5.74, 6) is -0.777. The van der Waals surface area contributed by atoms with E-state index in [2.05, 4.69) is 6.58 Å². The maximum Gasteiger partial charge on any atom is 0.268 e. The number of para-hydroxylation sites is 1. The quantitative estimate of drug-likeness (QED) is 0.227. The number of carbonyl (C=O) groups excluding carboxylic acids is 2. The maximum atomic E-state index is 13.2. The number of benzene rings is 1. The average Bonchev–Trinajstić information content (AvgIpc) is 3.06. The zero-order chi connectivity index (χ0) is 22.0. The van der Waals surface area contributed by atoms with Gasteiger partial charge in [0.25, 0.3) is 11.8 Å². The highest BCUT2D eigenvalue weighted by molar-refractivity contribution is 8.03. The van der Waals surface area contributed by atoms with Crippen LogP contribution >= 0.6 is 24.0 Å². The Kier molecular flexibility index (Phi) is 6.97. The summed E-state index contributed by atoms with van der Waals surface area (Å²) in [6, 6.07) is 7.69. The molecule has 2 aliphatic heterocycles. The topological polar surface area (TPSA) is 73.3 Å². The van der Waals surface area contributed by atoms with Crippen LogP contribution in [0.25, 0.3) is 0 Å². The summed E-state index contributed by atoms with van der Waals surface area (Å²) in [4.78, 5) is 32.1. The molecule has 0 saturated carbocycles. The van der Waals surface area contributed by atoms with Crippen LogP contribution in [0.5, 0.6) is 0 Å². The molecule has 1 aromatic carbocycles. The lowest BCUT2D eigenvalue weighted by molar-refractivity contribution is -0.133. The van der Waals surface area contributed by atoms with Gasteiger partial charge in [0.05, 0.1) is 17.3 Å². The van der Waals surface area contributed by atoms with Crippen molar-refractivity contribution in [3.8, 4) is 0 Å². The van der Waals surface area contributed by atoms with E-state index in [-0.39, 0.29) is 29.1 Å². The molecule has 1 atom stereocenters. The largest absolute Gasteiger partial charge is 0.364 e. The second-order valence-electron chi connectivity index (χ2n) is 6.85. The van der Waals surface area contributed by atoms with Gasteiger partial charge in [-0.15, -0.1) is 0 Å². The van der Waals surface area contributed by atoms with Crippen molar-refractivity contribution in [2.24, 2.45) is 0 Å². The zero-order valence-electron chi connectivity index (χ0n) is 17.3. The van der Waals surface area contributed by atoms with Crippen molar-refractivity contribution < 1.29 is 19.4 Å². The lowest BCUT2D eigenvalue weighted by Crippen LogP contribution is -2.56. The van der Waals surface area contributed by atoms with Gasteiger partial charge in [-0.25, -0.2) is 0 Å². The van der Waals surface area contributed by atoms with Crippen molar-refractivity contribution in [2.45, 2.75) is 32.0 Å². The van der Waals surface area contributed by atoms with Gasteiger partial charge in [-0.1, -0.05) is 30.5 Å². The SMILES string of the molecule is C=C(C)C(O)OCCN1C(=C2C(=O)N(CC)C(=S)N(CC)C2=O)Sc2ccccc21. The third-order valence-electron chi connectivity index (χ3n) is 4.85. The number of anilines is 1. The maximum absolute atomic E-state index is 13.2. The van der Waals surface area contributed by atoms with Crippen LogP contribution in [-0.4, -0.2) is 64.4 Å². The Bertz CT molecular complexity index is 903. The van der Waals surface area contributed by atoms with Crippen LogP contribution in [0.3, 0.4) is 0 Å². The van der Waals surface area contributed by atoms with Crippen LogP contribution in [0.2, 0.25) is 0 Å². The summed E-state index contributed by atoms with van der Waals surface area (Å²) in [6.07, 6.45) is -1.06. The fourth-order valence-corrected chi connectivity index (χ4v) is 4.90. The van der Waals surface area contributed by atoms with E-state index < -0.39 is 6.29 Å². The molecule has 0 bridgehead atoms. The second-order valence-corrected chi connectivity index (χ2v) is 8.25. The van der Waals surface area contributed by atoms with Crippen LogP contribution in [0.15, 0.2) is 51.9 Å². The Morgan fingerprint density at radius 1 is 1.17 bits per heavy atom. The number of thioether (sulfide) groups is 1. The molecule has 0 aliphatic carbocycles. The summed E-state index contributed by atoms with van der Waals surface area (Å²) in [7, 11) is 0. The number of thiocarbonyl (C=S) groups is 1. The molecule has 7 nitrogen and oxygen atoms in total. The molecule has 1 N–H and O–H groups in total. The van der Waals surface area contributed by atoms with Gasteiger partial charge in [-0.05, 0) is 50.7 Å². The first kappa shape index (κ1) is 22.5. The normalized spacial score (nSPS) is 17.7. The highest BCUT2D eigenvalue weighted by Crippen LogP contribution is 2.47. The van der Waals surface area contributed by atoms with Gasteiger partial charge in [-0.2, -0.15) is 0 Å². The predicted molar refractivity (Wildman–Crippen MR) is 121 cm³/mol. The third-order valence-corrected chi connectivity index (χ3v) is 6.47. The molecule has 2 aliphatic rings. The molecule has 9 heteroatoms. The van der Waals surface area contributed by atoms with Crippen molar-refractivity contribution in [1.82, 2.24) is 9.80 Å². The number of fused-ring (bicyclic) bond motifs is 1. The molecule has 30 heavy (non-hydrogen) atoms. The standard InChI is InChI=1S/C21H25N3O4S2/c1-5-22-17(25)16(18(26)23(6-2)21(22)29)19-24(11-12-28-20(27)13(3)4)14-9-7-8-10-15(14)30-19/h7-10,20,27H,3,5-6,11-12H2,1-2,4H3. The van der Waals surface area contributed by atoms with Gasteiger partial charge in [0.2, 0.25) is 0 Å². The minimum Gasteiger partial charge on any atom is -0.364 e. The number of likely N-dealkylation sites (N-methyl/N-ethyl adjacent to an activating group) is 2. The number of ether oxygens (including phenoxy) is 1. The number of carbonyl (C=O) groups is 2.